The van der Waals surface area contributed by atoms with Crippen LogP contribution in [-0.2, 0) is 0 Å². The molecule has 0 aliphatic carbocycles. The Morgan fingerprint density at radius 3 is 2.66 bits per heavy atom. The zero-order valence-corrected chi connectivity index (χ0v) is 17.3. The lowest BCUT2D eigenvalue weighted by Gasteiger charge is -2.38. The summed E-state index contributed by atoms with van der Waals surface area (Å²) in [7, 11) is 1.65. The van der Waals surface area contributed by atoms with Crippen LogP contribution >= 0.6 is 15.9 Å². The van der Waals surface area contributed by atoms with Gasteiger partial charge >= 0.3 is 0 Å². The topological polar surface area (TPSA) is 34.1 Å². The van der Waals surface area contributed by atoms with Crippen LogP contribution in [0.15, 0.2) is 76.3 Å². The van der Waals surface area contributed by atoms with Crippen LogP contribution in [0.1, 0.15) is 35.4 Å². The molecule has 0 unspecified atom stereocenters. The van der Waals surface area contributed by atoms with Crippen molar-refractivity contribution in [3.05, 3.63) is 93.7 Å². The van der Waals surface area contributed by atoms with E-state index in [4.69, 9.17) is 14.6 Å². The van der Waals surface area contributed by atoms with Crippen LogP contribution < -0.4 is 9.47 Å². The van der Waals surface area contributed by atoms with Crippen molar-refractivity contribution in [2.75, 3.05) is 7.11 Å². The number of hydrogen-bond acceptors (Lipinski definition) is 4. The quantitative estimate of drug-likeness (QED) is 0.500. The molecule has 0 aromatic heterocycles. The first-order valence-electron chi connectivity index (χ1n) is 9.35. The molecule has 5 rings (SSSR count). The van der Waals surface area contributed by atoms with Crippen molar-refractivity contribution in [2.24, 2.45) is 5.10 Å². The average molecular weight is 453 g/mol. The average Bonchev–Trinajstić information content (AvgIpc) is 3.19. The minimum absolute atomic E-state index is 0.0358. The van der Waals surface area contributed by atoms with Gasteiger partial charge in [0.05, 0.1) is 24.4 Å². The highest BCUT2D eigenvalue weighted by molar-refractivity contribution is 9.10. The Morgan fingerprint density at radius 1 is 1.07 bits per heavy atom. The first-order valence-corrected chi connectivity index (χ1v) is 10.1. The largest absolute Gasteiger partial charge is 0.496 e. The van der Waals surface area contributed by atoms with Gasteiger partial charge in [0.15, 0.2) is 0 Å². The van der Waals surface area contributed by atoms with Crippen LogP contribution in [0.25, 0.3) is 0 Å². The first kappa shape index (κ1) is 18.2. The fourth-order valence-corrected chi connectivity index (χ4v) is 4.33. The maximum atomic E-state index is 13.4. The van der Waals surface area contributed by atoms with Crippen LogP contribution in [0.2, 0.25) is 0 Å². The number of hydrazone groups is 1. The highest BCUT2D eigenvalue weighted by atomic mass is 79.9. The Labute approximate surface area is 176 Å². The van der Waals surface area contributed by atoms with Crippen LogP contribution in [-0.4, -0.2) is 17.8 Å². The van der Waals surface area contributed by atoms with Crippen LogP contribution in [0, 0.1) is 5.82 Å². The molecule has 2 atom stereocenters. The van der Waals surface area contributed by atoms with Gasteiger partial charge in [-0.05, 0) is 42.0 Å². The molecular weight excluding hydrogens is 435 g/mol. The molecule has 3 aromatic rings. The summed E-state index contributed by atoms with van der Waals surface area (Å²) in [6.07, 6.45) is 0.291. The molecule has 29 heavy (non-hydrogen) atoms. The third-order valence-electron chi connectivity index (χ3n) is 5.33. The maximum absolute atomic E-state index is 13.4. The minimum atomic E-state index is -0.430. The summed E-state index contributed by atoms with van der Waals surface area (Å²) in [5.74, 6) is 1.33. The Morgan fingerprint density at radius 2 is 1.86 bits per heavy atom. The summed E-state index contributed by atoms with van der Waals surface area (Å²) >= 11 is 3.55. The SMILES string of the molecule is COc1ccc(Br)cc1[C@H]1Oc2ccccc2[C@H]2CC(c3ccc(F)cc3)=NN21. The standard InChI is InChI=1S/C23H18BrFN2O2/c1-28-21-11-8-15(24)12-18(21)23-27-20(17-4-2-3-5-22(17)29-23)13-19(26-27)14-6-9-16(25)10-7-14/h2-12,20,23H,13H2,1H3/t20-,23-/m1/s1. The van der Waals surface area contributed by atoms with Crippen LogP contribution in [0.3, 0.4) is 0 Å². The van der Waals surface area contributed by atoms with Crippen molar-refractivity contribution in [1.82, 2.24) is 5.01 Å². The van der Waals surface area contributed by atoms with Crippen molar-refractivity contribution < 1.29 is 13.9 Å². The molecule has 3 aromatic carbocycles. The van der Waals surface area contributed by atoms with Gasteiger partial charge in [-0.1, -0.05) is 46.3 Å². The Balaban J connectivity index is 1.62. The number of fused-ring (bicyclic) bond motifs is 3. The maximum Gasteiger partial charge on any atom is 0.217 e. The van der Waals surface area contributed by atoms with Gasteiger partial charge in [-0.3, -0.25) is 0 Å². The Kier molecular flexibility index (Phi) is 4.51. The number of ether oxygens (including phenoxy) is 2. The summed E-state index contributed by atoms with van der Waals surface area (Å²) in [5, 5.41) is 6.89. The van der Waals surface area contributed by atoms with E-state index in [0.717, 1.165) is 44.8 Å². The lowest BCUT2D eigenvalue weighted by molar-refractivity contribution is -0.0203. The molecule has 0 saturated heterocycles. The van der Waals surface area contributed by atoms with Gasteiger partial charge in [0.1, 0.15) is 17.3 Å². The van der Waals surface area contributed by atoms with Gasteiger partial charge in [-0.25, -0.2) is 9.40 Å². The number of halogens is 2. The van der Waals surface area contributed by atoms with Gasteiger partial charge in [0, 0.05) is 16.5 Å². The van der Waals surface area contributed by atoms with Gasteiger partial charge in [0.2, 0.25) is 6.23 Å². The van der Waals surface area contributed by atoms with E-state index in [-0.39, 0.29) is 11.9 Å². The molecule has 146 valence electrons. The van der Waals surface area contributed by atoms with Gasteiger partial charge in [-0.2, -0.15) is 5.10 Å². The molecule has 0 amide bonds. The third kappa shape index (κ3) is 3.17. The second-order valence-corrected chi connectivity index (χ2v) is 7.96. The van der Waals surface area contributed by atoms with Crippen molar-refractivity contribution in [2.45, 2.75) is 18.7 Å². The molecule has 0 radical (unpaired) electrons. The van der Waals surface area contributed by atoms with Crippen molar-refractivity contribution >= 4 is 21.6 Å². The summed E-state index contributed by atoms with van der Waals surface area (Å²) in [4.78, 5) is 0. The smallest absolute Gasteiger partial charge is 0.217 e. The van der Waals surface area contributed by atoms with E-state index < -0.39 is 6.23 Å². The normalized spacial score (nSPS) is 19.8. The monoisotopic (exact) mass is 452 g/mol. The van der Waals surface area contributed by atoms with Gasteiger partial charge in [-0.15, -0.1) is 0 Å². The van der Waals surface area contributed by atoms with E-state index in [9.17, 15) is 4.39 Å². The summed E-state index contributed by atoms with van der Waals surface area (Å²) < 4.78 is 26.3. The van der Waals surface area contributed by atoms with Crippen molar-refractivity contribution in [3.8, 4) is 11.5 Å². The van der Waals surface area contributed by atoms with E-state index in [1.54, 1.807) is 19.2 Å². The molecule has 0 spiro atoms. The fourth-order valence-electron chi connectivity index (χ4n) is 3.95. The number of hydrogen-bond donors (Lipinski definition) is 0. The molecule has 2 heterocycles. The van der Waals surface area contributed by atoms with Crippen LogP contribution in [0.4, 0.5) is 4.39 Å². The number of methoxy groups -OCH3 is 1. The van der Waals surface area contributed by atoms with Gasteiger partial charge < -0.3 is 9.47 Å². The zero-order valence-electron chi connectivity index (χ0n) is 15.7. The number of benzene rings is 3. The number of para-hydroxylation sites is 1. The zero-order chi connectivity index (χ0) is 20.0. The van der Waals surface area contributed by atoms with E-state index >= 15 is 0 Å². The highest BCUT2D eigenvalue weighted by Gasteiger charge is 2.41. The first-order chi connectivity index (χ1) is 14.1. The molecular formula is C23H18BrFN2O2. The number of nitrogens with zero attached hydrogens (tertiary/aromatic N) is 2. The molecule has 6 heteroatoms. The molecule has 2 aliphatic heterocycles. The van der Waals surface area contributed by atoms with Crippen molar-refractivity contribution in [3.63, 3.8) is 0 Å². The molecule has 0 N–H and O–H groups in total. The van der Waals surface area contributed by atoms with E-state index in [0.29, 0.717) is 0 Å². The molecule has 2 aliphatic rings. The van der Waals surface area contributed by atoms with Crippen LogP contribution in [0.5, 0.6) is 11.5 Å². The van der Waals surface area contributed by atoms with Gasteiger partial charge in [0.25, 0.3) is 0 Å². The predicted molar refractivity (Wildman–Crippen MR) is 113 cm³/mol. The Hall–Kier alpha value is -2.86. The molecule has 0 bridgehead atoms. The lowest BCUT2D eigenvalue weighted by Crippen LogP contribution is -2.33. The second-order valence-electron chi connectivity index (χ2n) is 7.05. The van der Waals surface area contributed by atoms with Crippen molar-refractivity contribution in [1.29, 1.82) is 0 Å². The molecule has 0 saturated carbocycles. The van der Waals surface area contributed by atoms with E-state index in [2.05, 4.69) is 22.0 Å². The van der Waals surface area contributed by atoms with E-state index in [1.807, 2.05) is 41.4 Å². The second kappa shape index (κ2) is 7.19. The summed E-state index contributed by atoms with van der Waals surface area (Å²) in [6.45, 7) is 0. The Bertz CT molecular complexity index is 1100. The summed E-state index contributed by atoms with van der Waals surface area (Å²) in [5.41, 5.74) is 3.82. The molecule has 0 fully saturated rings. The number of rotatable bonds is 3. The third-order valence-corrected chi connectivity index (χ3v) is 5.83. The predicted octanol–water partition coefficient (Wildman–Crippen LogP) is 5.84. The fraction of sp³-hybridized carbons (Fsp3) is 0.174. The highest BCUT2D eigenvalue weighted by Crippen LogP contribution is 2.49. The minimum Gasteiger partial charge on any atom is -0.496 e. The molecule has 4 nitrogen and oxygen atoms in total. The lowest BCUT2D eigenvalue weighted by atomic mass is 9.96. The van der Waals surface area contributed by atoms with E-state index in [1.165, 1.54) is 12.1 Å². The summed E-state index contributed by atoms with van der Waals surface area (Å²) in [6, 6.07) is 20.4.